The molecular weight excluding hydrogens is 506 g/mol. The van der Waals surface area contributed by atoms with Crippen molar-refractivity contribution in [1.29, 1.82) is 0 Å². The van der Waals surface area contributed by atoms with Crippen LogP contribution in [0.2, 0.25) is 0 Å². The molecule has 0 radical (unpaired) electrons. The van der Waals surface area contributed by atoms with Crippen LogP contribution in [0.25, 0.3) is 11.1 Å². The molecule has 1 atom stereocenters. The molecule has 0 fully saturated rings. The first kappa shape index (κ1) is 29.7. The van der Waals surface area contributed by atoms with Crippen LogP contribution in [-0.2, 0) is 17.8 Å². The van der Waals surface area contributed by atoms with Crippen molar-refractivity contribution in [1.82, 2.24) is 9.88 Å². The number of halogens is 2. The summed E-state index contributed by atoms with van der Waals surface area (Å²) in [6.45, 7) is 10.0. The molecule has 0 bridgehead atoms. The summed E-state index contributed by atoms with van der Waals surface area (Å²) >= 11 is 0. The van der Waals surface area contributed by atoms with Crippen LogP contribution >= 0.6 is 0 Å². The summed E-state index contributed by atoms with van der Waals surface area (Å²) in [6, 6.07) is 10.6. The van der Waals surface area contributed by atoms with Crippen molar-refractivity contribution in [3.63, 3.8) is 0 Å². The number of carbonyl (C=O) groups excluding carboxylic acids is 1. The van der Waals surface area contributed by atoms with E-state index in [1.54, 1.807) is 19.1 Å². The number of carbonyl (C=O) groups is 2. The predicted molar refractivity (Wildman–Crippen MR) is 144 cm³/mol. The van der Waals surface area contributed by atoms with Crippen LogP contribution in [0.15, 0.2) is 48.7 Å². The standard InChI is InChI=1S/C30H34F2N2O5/c1-17(2)34(18(3)4)16-22-12-27(25(31)13-23(22)24-14-28(38-6)33-15-26(24)32)39-30(37)21-9-7-8-20(11-21)10-19(5)29(35)36/h7-9,11-15,17-19H,10,16H2,1-6H3,(H,35,36)/t19-/m0/s1. The number of ether oxygens (including phenoxy) is 2. The lowest BCUT2D eigenvalue weighted by molar-refractivity contribution is -0.141. The minimum atomic E-state index is -0.947. The topological polar surface area (TPSA) is 89.0 Å². The van der Waals surface area contributed by atoms with Crippen LogP contribution in [0.3, 0.4) is 0 Å². The molecule has 208 valence electrons. The first-order valence-corrected chi connectivity index (χ1v) is 12.7. The number of benzene rings is 2. The van der Waals surface area contributed by atoms with Crippen molar-refractivity contribution in [2.75, 3.05) is 7.11 Å². The van der Waals surface area contributed by atoms with Gasteiger partial charge in [0, 0.05) is 30.3 Å². The summed E-state index contributed by atoms with van der Waals surface area (Å²) in [7, 11) is 1.41. The Morgan fingerprint density at radius 2 is 1.67 bits per heavy atom. The number of rotatable bonds is 11. The van der Waals surface area contributed by atoms with Crippen molar-refractivity contribution in [2.45, 2.75) is 59.7 Å². The van der Waals surface area contributed by atoms with Gasteiger partial charge in [0.05, 0.1) is 24.8 Å². The summed E-state index contributed by atoms with van der Waals surface area (Å²) in [6.07, 6.45) is 1.25. The van der Waals surface area contributed by atoms with Crippen LogP contribution in [0.1, 0.15) is 56.1 Å². The van der Waals surface area contributed by atoms with E-state index in [1.165, 1.54) is 31.4 Å². The van der Waals surface area contributed by atoms with Crippen LogP contribution in [0, 0.1) is 17.6 Å². The summed E-state index contributed by atoms with van der Waals surface area (Å²) in [4.78, 5) is 30.2. The molecule has 1 N–H and O–H groups in total. The fraction of sp³-hybridized carbons (Fsp3) is 0.367. The third-order valence-electron chi connectivity index (χ3n) is 6.50. The lowest BCUT2D eigenvalue weighted by Crippen LogP contribution is -2.36. The summed E-state index contributed by atoms with van der Waals surface area (Å²) in [5, 5.41) is 9.18. The largest absolute Gasteiger partial charge is 0.481 e. The van der Waals surface area contributed by atoms with Gasteiger partial charge in [0.1, 0.15) is 5.82 Å². The maximum atomic E-state index is 15.4. The van der Waals surface area contributed by atoms with Gasteiger partial charge in [0.25, 0.3) is 0 Å². The van der Waals surface area contributed by atoms with E-state index in [0.717, 1.165) is 12.3 Å². The number of hydrogen-bond acceptors (Lipinski definition) is 6. The van der Waals surface area contributed by atoms with Crippen molar-refractivity contribution < 1.29 is 33.0 Å². The molecule has 0 saturated heterocycles. The SMILES string of the molecule is COc1cc(-c2cc(F)c(OC(=O)c3cccc(C[C@H](C)C(=O)O)c3)cc2CN(C(C)C)C(C)C)c(F)cn1. The molecular formula is C30H34F2N2O5. The van der Waals surface area contributed by atoms with Crippen molar-refractivity contribution in [3.05, 3.63) is 77.0 Å². The minimum absolute atomic E-state index is 0.112. The second-order valence-electron chi connectivity index (χ2n) is 10.0. The third-order valence-corrected chi connectivity index (χ3v) is 6.50. The lowest BCUT2D eigenvalue weighted by Gasteiger charge is -2.31. The van der Waals surface area contributed by atoms with Gasteiger partial charge in [0.2, 0.25) is 5.88 Å². The Morgan fingerprint density at radius 3 is 2.28 bits per heavy atom. The molecule has 0 aliphatic rings. The Hall–Kier alpha value is -3.85. The molecule has 9 heteroatoms. The van der Waals surface area contributed by atoms with E-state index in [0.29, 0.717) is 23.2 Å². The van der Waals surface area contributed by atoms with Gasteiger partial charge >= 0.3 is 11.9 Å². The zero-order valence-corrected chi connectivity index (χ0v) is 23.0. The molecule has 3 rings (SSSR count). The Labute approximate surface area is 227 Å². The van der Waals surface area contributed by atoms with Crippen LogP contribution in [0.5, 0.6) is 11.6 Å². The van der Waals surface area contributed by atoms with Crippen LogP contribution in [0.4, 0.5) is 8.78 Å². The molecule has 1 heterocycles. The fourth-order valence-electron chi connectivity index (χ4n) is 4.38. The fourth-order valence-corrected chi connectivity index (χ4v) is 4.38. The first-order valence-electron chi connectivity index (χ1n) is 12.7. The number of aliphatic carboxylic acids is 1. The molecule has 39 heavy (non-hydrogen) atoms. The Balaban J connectivity index is 2.03. The molecule has 0 aliphatic heterocycles. The average molecular weight is 541 g/mol. The Morgan fingerprint density at radius 1 is 0.974 bits per heavy atom. The highest BCUT2D eigenvalue weighted by Gasteiger charge is 2.23. The quantitative estimate of drug-likeness (QED) is 0.231. The van der Waals surface area contributed by atoms with Gasteiger partial charge in [-0.3, -0.25) is 9.69 Å². The van der Waals surface area contributed by atoms with Crippen molar-refractivity contribution >= 4 is 11.9 Å². The molecule has 0 spiro atoms. The molecule has 2 aromatic carbocycles. The molecule has 7 nitrogen and oxygen atoms in total. The number of aromatic nitrogens is 1. The number of esters is 1. The van der Waals surface area contributed by atoms with E-state index in [4.69, 9.17) is 9.47 Å². The summed E-state index contributed by atoms with van der Waals surface area (Å²) in [5.74, 6) is -3.98. The second-order valence-corrected chi connectivity index (χ2v) is 10.0. The van der Waals surface area contributed by atoms with E-state index >= 15 is 4.39 Å². The smallest absolute Gasteiger partial charge is 0.343 e. The number of carboxylic acids is 1. The van der Waals surface area contributed by atoms with Crippen LogP contribution < -0.4 is 9.47 Å². The van der Waals surface area contributed by atoms with Crippen molar-refractivity contribution in [2.24, 2.45) is 5.92 Å². The normalized spacial score (nSPS) is 12.2. The number of methoxy groups -OCH3 is 1. The van der Waals surface area contributed by atoms with Gasteiger partial charge in [-0.25, -0.2) is 18.6 Å². The molecule has 0 saturated carbocycles. The molecule has 0 amide bonds. The average Bonchev–Trinajstić information content (AvgIpc) is 2.88. The van der Waals surface area contributed by atoms with E-state index in [1.807, 2.05) is 27.7 Å². The molecule has 3 aromatic rings. The lowest BCUT2D eigenvalue weighted by atomic mass is 9.98. The summed E-state index contributed by atoms with van der Waals surface area (Å²) < 4.78 is 40.9. The van der Waals surface area contributed by atoms with Gasteiger partial charge in [-0.05, 0) is 75.1 Å². The van der Waals surface area contributed by atoms with E-state index < -0.39 is 29.5 Å². The number of hydrogen-bond donors (Lipinski definition) is 1. The molecule has 1 aromatic heterocycles. The number of pyridine rings is 1. The van der Waals surface area contributed by atoms with Gasteiger partial charge < -0.3 is 14.6 Å². The van der Waals surface area contributed by atoms with E-state index in [9.17, 15) is 19.1 Å². The Bertz CT molecular complexity index is 1330. The first-order chi connectivity index (χ1) is 18.4. The zero-order valence-electron chi connectivity index (χ0n) is 23.0. The van der Waals surface area contributed by atoms with Crippen molar-refractivity contribution in [3.8, 4) is 22.8 Å². The maximum Gasteiger partial charge on any atom is 0.343 e. The van der Waals surface area contributed by atoms with Crippen LogP contribution in [-0.4, -0.2) is 46.1 Å². The summed E-state index contributed by atoms with van der Waals surface area (Å²) in [5.41, 5.74) is 1.76. The highest BCUT2D eigenvalue weighted by molar-refractivity contribution is 5.91. The van der Waals surface area contributed by atoms with Gasteiger partial charge in [0.15, 0.2) is 11.6 Å². The number of carboxylic acid groups (broad SMARTS) is 1. The monoisotopic (exact) mass is 540 g/mol. The predicted octanol–water partition coefficient (Wildman–Crippen LogP) is 6.14. The minimum Gasteiger partial charge on any atom is -0.481 e. The second kappa shape index (κ2) is 12.8. The zero-order chi connectivity index (χ0) is 28.9. The third kappa shape index (κ3) is 7.38. The van der Waals surface area contributed by atoms with E-state index in [2.05, 4.69) is 9.88 Å². The molecule has 0 aliphatic carbocycles. The highest BCUT2D eigenvalue weighted by Crippen LogP contribution is 2.35. The maximum absolute atomic E-state index is 15.4. The van der Waals surface area contributed by atoms with Gasteiger partial charge in [-0.1, -0.05) is 19.1 Å². The Kier molecular flexibility index (Phi) is 9.75. The van der Waals surface area contributed by atoms with Gasteiger partial charge in [-0.2, -0.15) is 0 Å². The molecule has 0 unspecified atom stereocenters. The van der Waals surface area contributed by atoms with E-state index in [-0.39, 0.29) is 41.3 Å². The number of nitrogens with zero attached hydrogens (tertiary/aromatic N) is 2. The van der Waals surface area contributed by atoms with Gasteiger partial charge in [-0.15, -0.1) is 0 Å². The highest BCUT2D eigenvalue weighted by atomic mass is 19.1.